The zero-order valence-electron chi connectivity index (χ0n) is 25.3. The highest BCUT2D eigenvalue weighted by molar-refractivity contribution is 5.93. The van der Waals surface area contributed by atoms with E-state index in [-0.39, 0.29) is 25.3 Å². The lowest BCUT2D eigenvalue weighted by Crippen LogP contribution is -2.53. The summed E-state index contributed by atoms with van der Waals surface area (Å²) in [5.74, 6) is -1.41. The molecule has 0 heterocycles. The lowest BCUT2D eigenvalue weighted by atomic mass is 9.93. The van der Waals surface area contributed by atoms with Crippen LogP contribution in [-0.2, 0) is 25.7 Å². The highest BCUT2D eigenvalue weighted by Gasteiger charge is 2.37. The lowest BCUT2D eigenvalue weighted by molar-refractivity contribution is -0.143. The molecule has 9 heteroatoms. The highest BCUT2D eigenvalue weighted by atomic mass is 16.6. The van der Waals surface area contributed by atoms with Crippen molar-refractivity contribution in [1.29, 1.82) is 0 Å². The largest absolute Gasteiger partial charge is 0.444 e. The van der Waals surface area contributed by atoms with Crippen LogP contribution in [0.3, 0.4) is 0 Å². The highest BCUT2D eigenvalue weighted by Crippen LogP contribution is 2.29. The number of aryl methyl sites for hydroxylation is 2. The summed E-state index contributed by atoms with van der Waals surface area (Å²) < 4.78 is 5.41. The van der Waals surface area contributed by atoms with E-state index in [1.54, 1.807) is 20.8 Å². The number of benzene rings is 2. The summed E-state index contributed by atoms with van der Waals surface area (Å²) >= 11 is 0. The summed E-state index contributed by atoms with van der Waals surface area (Å²) in [5, 5.41) is 5.66. The van der Waals surface area contributed by atoms with Crippen LogP contribution in [0, 0.1) is 13.8 Å². The molecular weight excluding hydrogens is 520 g/mol. The van der Waals surface area contributed by atoms with Crippen LogP contribution < -0.4 is 16.4 Å². The first-order valence-corrected chi connectivity index (χ1v) is 14.3. The summed E-state index contributed by atoms with van der Waals surface area (Å²) in [7, 11) is 0. The molecule has 0 saturated carbocycles. The number of nitrogens with zero attached hydrogens (tertiary/aromatic N) is 1. The van der Waals surface area contributed by atoms with Crippen LogP contribution >= 0.6 is 0 Å². The van der Waals surface area contributed by atoms with Gasteiger partial charge in [0.05, 0.1) is 0 Å². The minimum atomic E-state index is -1.12. The van der Waals surface area contributed by atoms with Crippen molar-refractivity contribution in [3.8, 4) is 0 Å². The Balaban J connectivity index is 2.55. The summed E-state index contributed by atoms with van der Waals surface area (Å²) in [5.41, 5.74) is 8.01. The summed E-state index contributed by atoms with van der Waals surface area (Å²) in [6, 6.07) is 13.2. The van der Waals surface area contributed by atoms with Crippen LogP contribution in [-0.4, -0.2) is 46.9 Å². The molecule has 41 heavy (non-hydrogen) atoms. The Morgan fingerprint density at radius 1 is 0.951 bits per heavy atom. The van der Waals surface area contributed by atoms with Gasteiger partial charge < -0.3 is 26.0 Å². The standard InChI is InChI=1S/C32H46N4O5/c1-7-8-12-20-36(30(39)25(18-19-26(33)37)35-31(40)41-32(4,5)6)28(27-22(2)14-13-15-23(27)3)29(38)34-21-24-16-10-9-11-17-24/h9-11,13-17,25,28H,7-8,12,18-21H2,1-6H3,(H2,33,37)(H,34,38)(H,35,40). The van der Waals surface area contributed by atoms with Crippen LogP contribution in [0.25, 0.3) is 0 Å². The van der Waals surface area contributed by atoms with Crippen molar-refractivity contribution in [2.75, 3.05) is 6.54 Å². The van der Waals surface area contributed by atoms with Crippen LogP contribution in [0.5, 0.6) is 0 Å². The second-order valence-corrected chi connectivity index (χ2v) is 11.4. The zero-order chi connectivity index (χ0) is 30.6. The molecule has 0 fully saturated rings. The molecule has 2 rings (SSSR count). The molecule has 0 aromatic heterocycles. The summed E-state index contributed by atoms with van der Waals surface area (Å²) in [6.07, 6.45) is 1.49. The number of nitrogens with two attached hydrogens (primary N) is 1. The molecule has 0 aliphatic heterocycles. The Hall–Kier alpha value is -3.88. The minimum Gasteiger partial charge on any atom is -0.444 e. The SMILES string of the molecule is CCCCCN(C(=O)C(CCC(N)=O)NC(=O)OC(C)(C)C)C(C(=O)NCc1ccccc1)c1c(C)cccc1C. The third-order valence-corrected chi connectivity index (χ3v) is 6.64. The first-order valence-electron chi connectivity index (χ1n) is 14.3. The van der Waals surface area contributed by atoms with Crippen molar-refractivity contribution in [2.45, 2.75) is 97.9 Å². The first-order chi connectivity index (χ1) is 19.3. The Morgan fingerprint density at radius 3 is 2.15 bits per heavy atom. The van der Waals surface area contributed by atoms with E-state index in [9.17, 15) is 19.2 Å². The number of hydrogen-bond acceptors (Lipinski definition) is 5. The molecule has 2 unspecified atom stereocenters. The fraction of sp³-hybridized carbons (Fsp3) is 0.500. The van der Waals surface area contributed by atoms with Gasteiger partial charge in [-0.1, -0.05) is 68.3 Å². The third-order valence-electron chi connectivity index (χ3n) is 6.64. The van der Waals surface area contributed by atoms with Gasteiger partial charge in [0.15, 0.2) is 0 Å². The Morgan fingerprint density at radius 2 is 1.59 bits per heavy atom. The average Bonchev–Trinajstić information content (AvgIpc) is 2.89. The maximum Gasteiger partial charge on any atom is 0.408 e. The van der Waals surface area contributed by atoms with E-state index >= 15 is 0 Å². The fourth-order valence-corrected chi connectivity index (χ4v) is 4.66. The summed E-state index contributed by atoms with van der Waals surface area (Å²) in [6.45, 7) is 11.6. The monoisotopic (exact) mass is 566 g/mol. The predicted molar refractivity (Wildman–Crippen MR) is 160 cm³/mol. The topological polar surface area (TPSA) is 131 Å². The number of carbonyl (C=O) groups excluding carboxylic acids is 4. The smallest absolute Gasteiger partial charge is 0.408 e. The second kappa shape index (κ2) is 15.8. The molecule has 0 spiro atoms. The predicted octanol–water partition coefficient (Wildman–Crippen LogP) is 4.84. The number of alkyl carbamates (subject to hydrolysis) is 1. The van der Waals surface area contributed by atoms with Gasteiger partial charge in [-0.05, 0) is 69.7 Å². The van der Waals surface area contributed by atoms with E-state index in [2.05, 4.69) is 17.6 Å². The van der Waals surface area contributed by atoms with Crippen LogP contribution in [0.4, 0.5) is 4.79 Å². The molecule has 0 bridgehead atoms. The number of ether oxygens (including phenoxy) is 1. The number of nitrogens with one attached hydrogen (secondary N) is 2. The van der Waals surface area contributed by atoms with Crippen molar-refractivity contribution in [2.24, 2.45) is 5.73 Å². The lowest BCUT2D eigenvalue weighted by Gasteiger charge is -2.36. The van der Waals surface area contributed by atoms with Gasteiger partial charge in [-0.2, -0.15) is 0 Å². The van der Waals surface area contributed by atoms with Crippen molar-refractivity contribution in [1.82, 2.24) is 15.5 Å². The zero-order valence-corrected chi connectivity index (χ0v) is 25.3. The molecule has 4 N–H and O–H groups in total. The fourth-order valence-electron chi connectivity index (χ4n) is 4.66. The first kappa shape index (κ1) is 33.3. The molecule has 2 aromatic carbocycles. The van der Waals surface area contributed by atoms with Gasteiger partial charge in [0, 0.05) is 19.5 Å². The number of hydrogen-bond donors (Lipinski definition) is 3. The van der Waals surface area contributed by atoms with Gasteiger partial charge in [0.1, 0.15) is 17.7 Å². The maximum absolute atomic E-state index is 14.3. The molecule has 0 aliphatic rings. The third kappa shape index (κ3) is 10.9. The number of rotatable bonds is 14. The van der Waals surface area contributed by atoms with E-state index in [0.717, 1.165) is 35.1 Å². The van der Waals surface area contributed by atoms with Crippen molar-refractivity contribution < 1.29 is 23.9 Å². The maximum atomic E-state index is 14.3. The Kier molecular flexibility index (Phi) is 12.8. The van der Waals surface area contributed by atoms with Crippen molar-refractivity contribution >= 4 is 23.8 Å². The molecule has 0 saturated heterocycles. The van der Waals surface area contributed by atoms with E-state index in [1.165, 1.54) is 4.90 Å². The van der Waals surface area contributed by atoms with Gasteiger partial charge in [-0.15, -0.1) is 0 Å². The Labute approximate surface area is 244 Å². The number of primary amides is 1. The van der Waals surface area contributed by atoms with Gasteiger partial charge in [0.2, 0.25) is 17.7 Å². The van der Waals surface area contributed by atoms with E-state index in [0.29, 0.717) is 13.0 Å². The van der Waals surface area contributed by atoms with Crippen molar-refractivity contribution in [3.05, 3.63) is 70.8 Å². The Bertz CT molecular complexity index is 1160. The van der Waals surface area contributed by atoms with Crippen LogP contribution in [0.2, 0.25) is 0 Å². The van der Waals surface area contributed by atoms with Crippen LogP contribution in [0.1, 0.15) is 88.1 Å². The molecule has 4 amide bonds. The van der Waals surface area contributed by atoms with Gasteiger partial charge >= 0.3 is 6.09 Å². The second-order valence-electron chi connectivity index (χ2n) is 11.4. The summed E-state index contributed by atoms with van der Waals surface area (Å²) in [4.78, 5) is 54.3. The molecule has 2 atom stereocenters. The number of unbranched alkanes of at least 4 members (excludes halogenated alkanes) is 2. The molecule has 9 nitrogen and oxygen atoms in total. The molecular formula is C32H46N4O5. The van der Waals surface area contributed by atoms with E-state index in [4.69, 9.17) is 10.5 Å². The van der Waals surface area contributed by atoms with E-state index < -0.39 is 35.6 Å². The molecule has 0 radical (unpaired) electrons. The number of amides is 4. The molecule has 224 valence electrons. The minimum absolute atomic E-state index is 0.0250. The molecule has 0 aliphatic carbocycles. The quantitative estimate of drug-likeness (QED) is 0.282. The van der Waals surface area contributed by atoms with E-state index in [1.807, 2.05) is 62.4 Å². The number of carbonyl (C=O) groups is 4. The van der Waals surface area contributed by atoms with Crippen molar-refractivity contribution in [3.63, 3.8) is 0 Å². The average molecular weight is 567 g/mol. The van der Waals surface area contributed by atoms with Gasteiger partial charge in [-0.25, -0.2) is 4.79 Å². The van der Waals surface area contributed by atoms with Gasteiger partial charge in [-0.3, -0.25) is 14.4 Å². The van der Waals surface area contributed by atoms with Gasteiger partial charge in [0.25, 0.3) is 0 Å². The molecule has 2 aromatic rings. The normalized spacial score (nSPS) is 12.6. The van der Waals surface area contributed by atoms with Crippen LogP contribution in [0.15, 0.2) is 48.5 Å².